The number of ketones is 2. The fourth-order valence-corrected chi connectivity index (χ4v) is 9.58. The second-order valence-corrected chi connectivity index (χ2v) is 15.1. The van der Waals surface area contributed by atoms with E-state index >= 15 is 4.39 Å². The van der Waals surface area contributed by atoms with E-state index < -0.39 is 79.8 Å². The van der Waals surface area contributed by atoms with Crippen LogP contribution in [-0.2, 0) is 28.6 Å². The quantitative estimate of drug-likeness (QED) is 0.346. The number of rotatable bonds is 7. The summed E-state index contributed by atoms with van der Waals surface area (Å²) in [5.74, 6) is -1.69. The van der Waals surface area contributed by atoms with E-state index in [1.807, 2.05) is 27.7 Å². The van der Waals surface area contributed by atoms with E-state index in [0.29, 0.717) is 12.0 Å². The van der Waals surface area contributed by atoms with Crippen molar-refractivity contribution in [2.75, 3.05) is 26.5 Å². The zero-order valence-corrected chi connectivity index (χ0v) is 25.7. The van der Waals surface area contributed by atoms with Gasteiger partial charge in [-0.3, -0.25) is 13.8 Å². The molecule has 0 spiro atoms. The molecule has 0 aromatic heterocycles. The summed E-state index contributed by atoms with van der Waals surface area (Å²) in [6, 6.07) is 0. The van der Waals surface area contributed by atoms with Gasteiger partial charge in [0.2, 0.25) is 0 Å². The van der Waals surface area contributed by atoms with Gasteiger partial charge in [0.15, 0.2) is 11.6 Å². The number of allylic oxidation sites excluding steroid dienone is 4. The average Bonchev–Trinajstić information content (AvgIpc) is 3.04. The number of carbonyl (C=O) groups excluding carboxylic acids is 3. The molecule has 0 aliphatic heterocycles. The summed E-state index contributed by atoms with van der Waals surface area (Å²) in [5, 5.41) is 12.0. The van der Waals surface area contributed by atoms with Crippen LogP contribution in [0.1, 0.15) is 53.9 Å². The number of carbonyl (C=O) groups is 3. The molecule has 4 rings (SSSR count). The molecule has 41 heavy (non-hydrogen) atoms. The maximum absolute atomic E-state index is 16.1. The molecule has 9 atom stereocenters. The van der Waals surface area contributed by atoms with Crippen LogP contribution in [0.3, 0.4) is 0 Å². The Balaban J connectivity index is 1.87. The molecule has 1 N–H and O–H groups in total. The number of aliphatic hydroxyl groups is 1. The second kappa shape index (κ2) is 9.84. The molecular formula is C30H42FNO8S. The van der Waals surface area contributed by atoms with Crippen molar-refractivity contribution in [3.8, 4) is 0 Å². The SMILES string of the molecule is C=COC(=O)N(C)CC1CC2(C)C3CC(F)C4=CC(=O)C=CC4(C)C3(C)C(O)CC2(C)C1(C)C(=O)COS(C)(=O)=O. The zero-order valence-electron chi connectivity index (χ0n) is 24.9. The number of aliphatic hydroxyl groups excluding tert-OH is 1. The third kappa shape index (κ3) is 4.28. The maximum Gasteiger partial charge on any atom is 0.414 e. The van der Waals surface area contributed by atoms with Crippen LogP contribution in [0.25, 0.3) is 0 Å². The van der Waals surface area contributed by atoms with Crippen molar-refractivity contribution < 1.29 is 41.2 Å². The van der Waals surface area contributed by atoms with Crippen LogP contribution in [0.15, 0.2) is 36.6 Å². The molecule has 0 bridgehead atoms. The van der Waals surface area contributed by atoms with Gasteiger partial charge in [-0.25, -0.2) is 9.18 Å². The summed E-state index contributed by atoms with van der Waals surface area (Å²) < 4.78 is 49.7. The van der Waals surface area contributed by atoms with Gasteiger partial charge in [0.1, 0.15) is 12.8 Å². The normalized spacial score (nSPS) is 43.3. The predicted octanol–water partition coefficient (Wildman–Crippen LogP) is 3.98. The predicted molar refractivity (Wildman–Crippen MR) is 150 cm³/mol. The Morgan fingerprint density at radius 1 is 1.22 bits per heavy atom. The Labute approximate surface area is 241 Å². The number of ether oxygens (including phenoxy) is 1. The third-order valence-electron chi connectivity index (χ3n) is 12.0. The minimum Gasteiger partial charge on any atom is -0.419 e. The van der Waals surface area contributed by atoms with Crippen molar-refractivity contribution in [2.45, 2.75) is 66.2 Å². The summed E-state index contributed by atoms with van der Waals surface area (Å²) in [5.41, 5.74) is -4.42. The lowest BCUT2D eigenvalue weighted by Gasteiger charge is -2.69. The lowest BCUT2D eigenvalue weighted by Crippen LogP contribution is -2.69. The van der Waals surface area contributed by atoms with Gasteiger partial charge >= 0.3 is 6.09 Å². The lowest BCUT2D eigenvalue weighted by atomic mass is 9.35. The van der Waals surface area contributed by atoms with Crippen LogP contribution >= 0.6 is 0 Å². The molecule has 3 saturated carbocycles. The van der Waals surface area contributed by atoms with Crippen molar-refractivity contribution in [2.24, 2.45) is 38.9 Å². The minimum absolute atomic E-state index is 0.0490. The number of hydrogen-bond donors (Lipinski definition) is 1. The van der Waals surface area contributed by atoms with Gasteiger partial charge in [-0.05, 0) is 59.7 Å². The Bertz CT molecular complexity index is 1340. The highest BCUT2D eigenvalue weighted by atomic mass is 32.2. The number of hydrogen-bond acceptors (Lipinski definition) is 8. The Hall–Kier alpha value is -2.37. The highest BCUT2D eigenvalue weighted by molar-refractivity contribution is 7.86. The summed E-state index contributed by atoms with van der Waals surface area (Å²) in [6.45, 7) is 12.3. The molecule has 228 valence electrons. The standard InChI is InChI=1S/C30H42FNO8S/c1-9-39-25(36)32(7)16-18-14-27(3)22-13-21(31)20-12-19(33)10-11-26(20,2)30(22,6)23(34)15-28(27,4)29(18,5)24(35)17-40-41(8,37)38/h9-12,18,21-23,34H,1,13-17H2,2-8H3. The van der Waals surface area contributed by atoms with E-state index in [1.165, 1.54) is 24.1 Å². The molecule has 0 aromatic rings. The maximum atomic E-state index is 16.1. The van der Waals surface area contributed by atoms with Crippen molar-refractivity contribution in [1.82, 2.24) is 4.90 Å². The van der Waals surface area contributed by atoms with Crippen molar-refractivity contribution in [3.05, 3.63) is 36.6 Å². The molecule has 9 unspecified atom stereocenters. The molecule has 11 heteroatoms. The van der Waals surface area contributed by atoms with Gasteiger partial charge in [0.25, 0.3) is 10.1 Å². The topological polar surface area (TPSA) is 127 Å². The summed E-state index contributed by atoms with van der Waals surface area (Å²) in [4.78, 5) is 40.2. The highest BCUT2D eigenvalue weighted by Crippen LogP contribution is 2.79. The number of nitrogens with zero attached hydrogens (tertiary/aromatic N) is 1. The lowest BCUT2D eigenvalue weighted by molar-refractivity contribution is -0.228. The van der Waals surface area contributed by atoms with E-state index in [9.17, 15) is 27.9 Å². The van der Waals surface area contributed by atoms with Gasteiger partial charge < -0.3 is 14.7 Å². The summed E-state index contributed by atoms with van der Waals surface area (Å²) in [6.07, 6.45) is 3.90. The molecule has 4 aliphatic rings. The Morgan fingerprint density at radius 3 is 2.44 bits per heavy atom. The van der Waals surface area contributed by atoms with E-state index in [0.717, 1.165) is 12.5 Å². The molecular weight excluding hydrogens is 553 g/mol. The summed E-state index contributed by atoms with van der Waals surface area (Å²) >= 11 is 0. The van der Waals surface area contributed by atoms with Gasteiger partial charge in [-0.1, -0.05) is 47.3 Å². The molecule has 0 saturated heterocycles. The number of alkyl halides is 1. The van der Waals surface area contributed by atoms with Crippen molar-refractivity contribution in [3.63, 3.8) is 0 Å². The molecule has 0 heterocycles. The first-order chi connectivity index (χ1) is 18.7. The van der Waals surface area contributed by atoms with Crippen LogP contribution in [0.4, 0.5) is 9.18 Å². The van der Waals surface area contributed by atoms with E-state index in [1.54, 1.807) is 13.0 Å². The van der Waals surface area contributed by atoms with Crippen molar-refractivity contribution in [1.29, 1.82) is 0 Å². The Kier molecular flexibility index (Phi) is 7.58. The molecule has 1 amide bonds. The number of Topliss-reactive ketones (excluding diaryl/α,β-unsaturated/α-hetero) is 1. The van der Waals surface area contributed by atoms with Crippen LogP contribution in [0.2, 0.25) is 0 Å². The molecule has 0 radical (unpaired) electrons. The molecule has 3 fully saturated rings. The van der Waals surface area contributed by atoms with Crippen LogP contribution < -0.4 is 0 Å². The average molecular weight is 596 g/mol. The monoisotopic (exact) mass is 595 g/mol. The minimum atomic E-state index is -3.93. The number of halogens is 1. The first-order valence-corrected chi connectivity index (χ1v) is 15.7. The highest BCUT2D eigenvalue weighted by Gasteiger charge is 2.78. The first kappa shape index (κ1) is 31.6. The van der Waals surface area contributed by atoms with Crippen molar-refractivity contribution >= 4 is 27.8 Å². The number of amides is 1. The van der Waals surface area contributed by atoms with E-state index in [4.69, 9.17) is 8.92 Å². The molecule has 4 aliphatic carbocycles. The molecule has 0 aromatic carbocycles. The fraction of sp³-hybridized carbons (Fsp3) is 0.700. The van der Waals surface area contributed by atoms with E-state index in [2.05, 4.69) is 6.58 Å². The van der Waals surface area contributed by atoms with Gasteiger partial charge in [-0.2, -0.15) is 8.42 Å². The fourth-order valence-electron chi connectivity index (χ4n) is 9.26. The van der Waals surface area contributed by atoms with Crippen LogP contribution in [0.5, 0.6) is 0 Å². The van der Waals surface area contributed by atoms with Gasteiger partial charge in [-0.15, -0.1) is 0 Å². The number of fused-ring (bicyclic) bond motifs is 5. The smallest absolute Gasteiger partial charge is 0.414 e. The first-order valence-electron chi connectivity index (χ1n) is 13.9. The van der Waals surface area contributed by atoms with Gasteiger partial charge in [0, 0.05) is 29.8 Å². The molecule has 9 nitrogen and oxygen atoms in total. The summed E-state index contributed by atoms with van der Waals surface area (Å²) in [7, 11) is -2.39. The second-order valence-electron chi connectivity index (χ2n) is 13.5. The largest absolute Gasteiger partial charge is 0.419 e. The zero-order chi connectivity index (χ0) is 31.0. The van der Waals surface area contributed by atoms with Crippen LogP contribution in [-0.4, -0.2) is 74.8 Å². The van der Waals surface area contributed by atoms with Crippen LogP contribution in [0, 0.1) is 38.9 Å². The van der Waals surface area contributed by atoms with Gasteiger partial charge in [0.05, 0.1) is 18.6 Å². The Morgan fingerprint density at radius 2 is 1.85 bits per heavy atom. The third-order valence-corrected chi connectivity index (χ3v) is 12.6. The van der Waals surface area contributed by atoms with E-state index in [-0.39, 0.29) is 25.2 Å².